The molecule has 1 N–H and O–H groups in total. The SMILES string of the molecule is Cc1cnc(NC(=O)/C(C#N)=C\c2cc(C)n(CC3CCCO3)c2C)s1. The Hall–Kier alpha value is -2.43. The molecule has 2 aromatic heterocycles. The van der Waals surface area contributed by atoms with E-state index in [0.717, 1.165) is 47.8 Å². The van der Waals surface area contributed by atoms with Crippen molar-refractivity contribution >= 4 is 28.5 Å². The number of thiazole rings is 1. The number of carbonyl (C=O) groups excluding carboxylic acids is 1. The Kier molecular flexibility index (Phi) is 5.55. The summed E-state index contributed by atoms with van der Waals surface area (Å²) in [6, 6.07) is 4.00. The third-order valence-electron chi connectivity index (χ3n) is 4.53. The minimum absolute atomic E-state index is 0.0650. The number of rotatable bonds is 5. The highest BCUT2D eigenvalue weighted by Gasteiger charge is 2.19. The molecule has 1 fully saturated rings. The van der Waals surface area contributed by atoms with Gasteiger partial charge in [0.15, 0.2) is 5.13 Å². The largest absolute Gasteiger partial charge is 0.376 e. The quantitative estimate of drug-likeness (QED) is 0.644. The first kappa shape index (κ1) is 18.4. The maximum atomic E-state index is 12.4. The standard InChI is InChI=1S/C19H22N4O2S/c1-12-7-15(14(3)23(12)11-17-5-4-6-25-17)8-16(9-20)18(24)22-19-21-10-13(2)26-19/h7-8,10,17H,4-6,11H2,1-3H3,(H,21,22,24)/b16-8-. The monoisotopic (exact) mass is 370 g/mol. The number of carbonyl (C=O) groups is 1. The minimum atomic E-state index is -0.439. The summed E-state index contributed by atoms with van der Waals surface area (Å²) < 4.78 is 7.92. The van der Waals surface area contributed by atoms with Crippen LogP contribution in [0.4, 0.5) is 5.13 Å². The number of ether oxygens (including phenoxy) is 1. The summed E-state index contributed by atoms with van der Waals surface area (Å²) in [6.45, 7) is 7.58. The molecule has 1 atom stereocenters. The van der Waals surface area contributed by atoms with Crippen LogP contribution in [0.1, 0.15) is 34.7 Å². The summed E-state index contributed by atoms with van der Waals surface area (Å²) in [5.74, 6) is -0.439. The second-order valence-corrected chi connectivity index (χ2v) is 7.71. The molecule has 0 saturated carbocycles. The van der Waals surface area contributed by atoms with Crippen molar-refractivity contribution in [2.45, 2.75) is 46.3 Å². The highest BCUT2D eigenvalue weighted by Crippen LogP contribution is 2.23. The van der Waals surface area contributed by atoms with Crippen LogP contribution in [-0.4, -0.2) is 28.2 Å². The lowest BCUT2D eigenvalue weighted by atomic mass is 10.1. The molecule has 0 radical (unpaired) electrons. The second kappa shape index (κ2) is 7.85. The highest BCUT2D eigenvalue weighted by atomic mass is 32.1. The molecular weight excluding hydrogens is 348 g/mol. The van der Waals surface area contributed by atoms with Gasteiger partial charge in [-0.15, -0.1) is 11.3 Å². The molecule has 6 nitrogen and oxygen atoms in total. The van der Waals surface area contributed by atoms with Crippen LogP contribution in [0.2, 0.25) is 0 Å². The molecule has 2 aromatic rings. The number of nitrogens with one attached hydrogen (secondary N) is 1. The number of hydrogen-bond acceptors (Lipinski definition) is 5. The van der Waals surface area contributed by atoms with Gasteiger partial charge in [0.1, 0.15) is 11.6 Å². The maximum absolute atomic E-state index is 12.4. The van der Waals surface area contributed by atoms with Gasteiger partial charge in [-0.25, -0.2) is 4.98 Å². The smallest absolute Gasteiger partial charge is 0.268 e. The van der Waals surface area contributed by atoms with Crippen molar-refractivity contribution in [2.75, 3.05) is 11.9 Å². The van der Waals surface area contributed by atoms with E-state index in [9.17, 15) is 10.1 Å². The molecule has 1 unspecified atom stereocenters. The van der Waals surface area contributed by atoms with E-state index in [-0.39, 0.29) is 11.7 Å². The summed E-state index contributed by atoms with van der Waals surface area (Å²) in [5, 5.41) is 12.6. The van der Waals surface area contributed by atoms with Crippen LogP contribution < -0.4 is 5.32 Å². The molecular formula is C19H22N4O2S. The number of aryl methyl sites for hydroxylation is 2. The van der Waals surface area contributed by atoms with Gasteiger partial charge in [0, 0.05) is 35.6 Å². The van der Waals surface area contributed by atoms with Gasteiger partial charge in [0.2, 0.25) is 0 Å². The first-order chi connectivity index (χ1) is 12.5. The van der Waals surface area contributed by atoms with Crippen LogP contribution >= 0.6 is 11.3 Å². The zero-order chi connectivity index (χ0) is 18.7. The Balaban J connectivity index is 1.80. The van der Waals surface area contributed by atoms with Crippen molar-refractivity contribution in [1.82, 2.24) is 9.55 Å². The van der Waals surface area contributed by atoms with Crippen LogP contribution in [-0.2, 0) is 16.1 Å². The lowest BCUT2D eigenvalue weighted by Crippen LogP contribution is -2.17. The fraction of sp³-hybridized carbons (Fsp3) is 0.421. The van der Waals surface area contributed by atoms with E-state index in [1.165, 1.54) is 11.3 Å². The number of nitrogens with zero attached hydrogens (tertiary/aromatic N) is 3. The third-order valence-corrected chi connectivity index (χ3v) is 5.36. The predicted octanol–water partition coefficient (Wildman–Crippen LogP) is 3.59. The van der Waals surface area contributed by atoms with Gasteiger partial charge in [-0.1, -0.05) is 0 Å². The number of aromatic nitrogens is 2. The minimum Gasteiger partial charge on any atom is -0.376 e. The average molecular weight is 370 g/mol. The van der Waals surface area contributed by atoms with Gasteiger partial charge in [0.25, 0.3) is 5.91 Å². The van der Waals surface area contributed by atoms with Crippen LogP contribution in [0.3, 0.4) is 0 Å². The Morgan fingerprint density at radius 1 is 1.54 bits per heavy atom. The number of amides is 1. The molecule has 1 saturated heterocycles. The molecule has 0 spiro atoms. The maximum Gasteiger partial charge on any atom is 0.268 e. The average Bonchev–Trinajstić information content (AvgIpc) is 3.31. The number of nitriles is 1. The molecule has 3 rings (SSSR count). The Labute approximate surface area is 157 Å². The highest BCUT2D eigenvalue weighted by molar-refractivity contribution is 7.15. The second-order valence-electron chi connectivity index (χ2n) is 6.47. The van der Waals surface area contributed by atoms with Crippen molar-refractivity contribution in [3.63, 3.8) is 0 Å². The number of anilines is 1. The van der Waals surface area contributed by atoms with Gasteiger partial charge in [-0.2, -0.15) is 5.26 Å². The van der Waals surface area contributed by atoms with Gasteiger partial charge < -0.3 is 9.30 Å². The first-order valence-electron chi connectivity index (χ1n) is 8.62. The molecule has 1 aliphatic rings. The van der Waals surface area contributed by atoms with Gasteiger partial charge in [-0.05, 0) is 51.3 Å². The van der Waals surface area contributed by atoms with Gasteiger partial charge >= 0.3 is 0 Å². The van der Waals surface area contributed by atoms with Crippen LogP contribution in [0, 0.1) is 32.1 Å². The fourth-order valence-corrected chi connectivity index (χ4v) is 3.79. The Morgan fingerprint density at radius 3 is 2.96 bits per heavy atom. The molecule has 0 aliphatic carbocycles. The Morgan fingerprint density at radius 2 is 2.35 bits per heavy atom. The lowest BCUT2D eigenvalue weighted by molar-refractivity contribution is -0.112. The first-order valence-corrected chi connectivity index (χ1v) is 9.43. The van der Waals surface area contributed by atoms with Gasteiger partial charge in [0.05, 0.1) is 6.10 Å². The molecule has 1 aliphatic heterocycles. The van der Waals surface area contributed by atoms with E-state index in [4.69, 9.17) is 4.74 Å². The van der Waals surface area contributed by atoms with E-state index in [1.54, 1.807) is 12.3 Å². The summed E-state index contributed by atoms with van der Waals surface area (Å²) in [4.78, 5) is 17.5. The van der Waals surface area contributed by atoms with Crippen LogP contribution in [0.5, 0.6) is 0 Å². The van der Waals surface area contributed by atoms with Crippen LogP contribution in [0.25, 0.3) is 6.08 Å². The summed E-state index contributed by atoms with van der Waals surface area (Å²) in [5.41, 5.74) is 3.07. The van der Waals surface area contributed by atoms with E-state index in [1.807, 2.05) is 32.9 Å². The molecule has 0 aromatic carbocycles. The van der Waals surface area contributed by atoms with E-state index in [2.05, 4.69) is 14.9 Å². The van der Waals surface area contributed by atoms with E-state index < -0.39 is 5.91 Å². The number of hydrogen-bond donors (Lipinski definition) is 1. The molecule has 7 heteroatoms. The van der Waals surface area contributed by atoms with Crippen molar-refractivity contribution < 1.29 is 9.53 Å². The third kappa shape index (κ3) is 4.03. The molecule has 136 valence electrons. The summed E-state index contributed by atoms with van der Waals surface area (Å²) in [6.07, 6.45) is 5.75. The lowest BCUT2D eigenvalue weighted by Gasteiger charge is -2.14. The molecule has 26 heavy (non-hydrogen) atoms. The van der Waals surface area contributed by atoms with Gasteiger partial charge in [-0.3, -0.25) is 10.1 Å². The van der Waals surface area contributed by atoms with Crippen LogP contribution in [0.15, 0.2) is 17.8 Å². The van der Waals surface area contributed by atoms with E-state index >= 15 is 0 Å². The zero-order valence-electron chi connectivity index (χ0n) is 15.2. The molecule has 1 amide bonds. The molecule has 3 heterocycles. The Bertz CT molecular complexity index is 882. The van der Waals surface area contributed by atoms with Crippen molar-refractivity contribution in [3.8, 4) is 6.07 Å². The van der Waals surface area contributed by atoms with Crippen molar-refractivity contribution in [3.05, 3.63) is 39.7 Å². The normalized spacial score (nSPS) is 17.3. The zero-order valence-corrected chi connectivity index (χ0v) is 16.0. The summed E-state index contributed by atoms with van der Waals surface area (Å²) >= 11 is 1.38. The summed E-state index contributed by atoms with van der Waals surface area (Å²) in [7, 11) is 0. The van der Waals surface area contributed by atoms with E-state index in [0.29, 0.717) is 5.13 Å². The predicted molar refractivity (Wildman–Crippen MR) is 102 cm³/mol. The fourth-order valence-electron chi connectivity index (χ4n) is 3.13. The van der Waals surface area contributed by atoms with Crippen molar-refractivity contribution in [1.29, 1.82) is 5.26 Å². The topological polar surface area (TPSA) is 79.9 Å². The van der Waals surface area contributed by atoms with Crippen molar-refractivity contribution in [2.24, 2.45) is 0 Å². The molecule has 0 bridgehead atoms.